The quantitative estimate of drug-likeness (QED) is 0.790. The molecule has 0 heterocycles. The number of nitrogens with two attached hydrogens (primary N) is 1. The van der Waals surface area contributed by atoms with Gasteiger partial charge in [-0.2, -0.15) is 0 Å². The van der Waals surface area contributed by atoms with Gasteiger partial charge < -0.3 is 20.3 Å². The van der Waals surface area contributed by atoms with Crippen molar-refractivity contribution >= 4 is 17.7 Å². The van der Waals surface area contributed by atoms with Gasteiger partial charge in [-0.25, -0.2) is 9.59 Å². The van der Waals surface area contributed by atoms with E-state index in [2.05, 4.69) is 0 Å². The van der Waals surface area contributed by atoms with Gasteiger partial charge in [0.2, 0.25) is 0 Å². The van der Waals surface area contributed by atoms with Crippen molar-refractivity contribution in [1.29, 1.82) is 0 Å². The third kappa shape index (κ3) is 4.78. The first-order valence-corrected chi connectivity index (χ1v) is 7.94. The van der Waals surface area contributed by atoms with E-state index in [-0.39, 0.29) is 0 Å². The van der Waals surface area contributed by atoms with E-state index in [1.165, 1.54) is 14.2 Å². The predicted octanol–water partition coefficient (Wildman–Crippen LogP) is 2.88. The molecular weight excluding hydrogens is 324 g/mol. The van der Waals surface area contributed by atoms with E-state index in [1.54, 1.807) is 52.8 Å². The lowest BCUT2D eigenvalue weighted by atomic mass is 9.77. The van der Waals surface area contributed by atoms with Crippen LogP contribution in [0.5, 0.6) is 5.75 Å². The predicted molar refractivity (Wildman–Crippen MR) is 95.9 cm³/mol. The SMILES string of the molecule is COc1ccc(C(C)(C)C(C(=O)O)N(C)C(=O)OC(C)(C)C)cc1N. The van der Waals surface area contributed by atoms with Crippen LogP contribution in [-0.4, -0.2) is 47.9 Å². The number of likely N-dealkylation sites (N-methyl/N-ethyl adjacent to an activating group) is 1. The number of benzene rings is 1. The number of ether oxygens (including phenoxy) is 2. The molecule has 0 aliphatic heterocycles. The summed E-state index contributed by atoms with van der Waals surface area (Å²) in [5, 5.41) is 9.75. The molecular formula is C18H28N2O5. The van der Waals surface area contributed by atoms with Crippen LogP contribution in [0.25, 0.3) is 0 Å². The van der Waals surface area contributed by atoms with Gasteiger partial charge in [0.05, 0.1) is 12.8 Å². The summed E-state index contributed by atoms with van der Waals surface area (Å²) in [6.07, 6.45) is -0.700. The number of nitrogen functional groups attached to an aromatic ring is 1. The van der Waals surface area contributed by atoms with Crippen molar-refractivity contribution in [2.24, 2.45) is 0 Å². The highest BCUT2D eigenvalue weighted by Crippen LogP contribution is 2.34. The van der Waals surface area contributed by atoms with Crippen LogP contribution in [0, 0.1) is 0 Å². The van der Waals surface area contributed by atoms with Gasteiger partial charge in [0.15, 0.2) is 0 Å². The smallest absolute Gasteiger partial charge is 0.410 e. The summed E-state index contributed by atoms with van der Waals surface area (Å²) in [6.45, 7) is 8.67. The minimum Gasteiger partial charge on any atom is -0.495 e. The molecule has 3 N–H and O–H groups in total. The molecule has 7 nitrogen and oxygen atoms in total. The summed E-state index contributed by atoms with van der Waals surface area (Å²) in [4.78, 5) is 25.4. The number of carbonyl (C=O) groups is 2. The van der Waals surface area contributed by atoms with Crippen molar-refractivity contribution in [3.8, 4) is 5.75 Å². The standard InChI is InChI=1S/C18H28N2O5/c1-17(2,3)25-16(23)20(6)14(15(21)22)18(4,5)11-8-9-13(24-7)12(19)10-11/h8-10,14H,19H2,1-7H3,(H,21,22). The molecule has 1 unspecified atom stereocenters. The van der Waals surface area contributed by atoms with Gasteiger partial charge in [0.25, 0.3) is 0 Å². The molecule has 0 fully saturated rings. The minimum atomic E-state index is -1.14. The second-order valence-corrected chi connectivity index (χ2v) is 7.51. The van der Waals surface area contributed by atoms with Crippen LogP contribution in [-0.2, 0) is 14.9 Å². The maximum Gasteiger partial charge on any atom is 0.410 e. The minimum absolute atomic E-state index is 0.400. The highest BCUT2D eigenvalue weighted by atomic mass is 16.6. The number of hydrogen-bond donors (Lipinski definition) is 2. The number of carbonyl (C=O) groups excluding carboxylic acids is 1. The summed E-state index contributed by atoms with van der Waals surface area (Å²) in [5.74, 6) is -0.625. The number of methoxy groups -OCH3 is 1. The van der Waals surface area contributed by atoms with Crippen LogP contribution in [0.1, 0.15) is 40.2 Å². The lowest BCUT2D eigenvalue weighted by molar-refractivity contribution is -0.145. The van der Waals surface area contributed by atoms with E-state index in [0.717, 1.165) is 4.90 Å². The van der Waals surface area contributed by atoms with Gasteiger partial charge in [-0.15, -0.1) is 0 Å². The third-order valence-corrected chi connectivity index (χ3v) is 3.96. The Morgan fingerprint density at radius 3 is 2.16 bits per heavy atom. The van der Waals surface area contributed by atoms with Crippen LogP contribution in [0.2, 0.25) is 0 Å². The molecule has 0 aliphatic rings. The largest absolute Gasteiger partial charge is 0.495 e. The number of carboxylic acid groups (broad SMARTS) is 1. The van der Waals surface area contributed by atoms with E-state index in [4.69, 9.17) is 15.2 Å². The van der Waals surface area contributed by atoms with Crippen molar-refractivity contribution < 1.29 is 24.2 Å². The Bertz CT molecular complexity index is 649. The first-order chi connectivity index (χ1) is 11.3. The number of hydrogen-bond acceptors (Lipinski definition) is 5. The summed E-state index contributed by atoms with van der Waals surface area (Å²) in [7, 11) is 2.92. The van der Waals surface area contributed by atoms with Gasteiger partial charge in [0, 0.05) is 12.5 Å². The Morgan fingerprint density at radius 1 is 1.20 bits per heavy atom. The van der Waals surface area contributed by atoms with E-state index in [1.807, 2.05) is 0 Å². The van der Waals surface area contributed by atoms with Crippen molar-refractivity contribution in [2.75, 3.05) is 19.9 Å². The average Bonchev–Trinajstić information content (AvgIpc) is 2.44. The second kappa shape index (κ2) is 7.21. The number of aliphatic carboxylic acids is 1. The van der Waals surface area contributed by atoms with Gasteiger partial charge >= 0.3 is 12.1 Å². The van der Waals surface area contributed by atoms with Crippen LogP contribution in [0.15, 0.2) is 18.2 Å². The molecule has 1 amide bonds. The Morgan fingerprint density at radius 2 is 1.76 bits per heavy atom. The molecule has 0 aromatic heterocycles. The lowest BCUT2D eigenvalue weighted by Gasteiger charge is -2.38. The molecule has 0 aliphatic carbocycles. The fourth-order valence-corrected chi connectivity index (χ4v) is 2.69. The van der Waals surface area contributed by atoms with Crippen molar-refractivity contribution in [2.45, 2.75) is 51.7 Å². The molecule has 140 valence electrons. The monoisotopic (exact) mass is 352 g/mol. The molecule has 1 rings (SSSR count). The molecule has 0 saturated heterocycles. The fourth-order valence-electron chi connectivity index (χ4n) is 2.69. The number of rotatable bonds is 5. The zero-order valence-corrected chi connectivity index (χ0v) is 15.9. The van der Waals surface area contributed by atoms with Gasteiger partial charge in [-0.3, -0.25) is 4.90 Å². The van der Waals surface area contributed by atoms with E-state index in [9.17, 15) is 14.7 Å². The van der Waals surface area contributed by atoms with Gasteiger partial charge in [-0.05, 0) is 38.5 Å². The highest BCUT2D eigenvalue weighted by Gasteiger charge is 2.43. The average molecular weight is 352 g/mol. The molecule has 1 aromatic carbocycles. The Balaban J connectivity index is 3.25. The van der Waals surface area contributed by atoms with E-state index < -0.39 is 29.1 Å². The maximum absolute atomic E-state index is 12.3. The summed E-state index contributed by atoms with van der Waals surface area (Å²) < 4.78 is 10.4. The van der Waals surface area contributed by atoms with Crippen molar-refractivity contribution in [3.63, 3.8) is 0 Å². The molecule has 0 radical (unpaired) electrons. The van der Waals surface area contributed by atoms with Crippen LogP contribution in [0.3, 0.4) is 0 Å². The molecule has 1 aromatic rings. The Labute approximate surface area is 148 Å². The summed E-state index contributed by atoms with van der Waals surface area (Å²) in [5.41, 5.74) is 5.38. The number of carboxylic acids is 1. The lowest BCUT2D eigenvalue weighted by Crippen LogP contribution is -2.54. The second-order valence-electron chi connectivity index (χ2n) is 7.51. The van der Waals surface area contributed by atoms with Crippen LogP contribution < -0.4 is 10.5 Å². The summed E-state index contributed by atoms with van der Waals surface area (Å²) in [6, 6.07) is 3.94. The molecule has 7 heteroatoms. The van der Waals surface area contributed by atoms with Crippen molar-refractivity contribution in [1.82, 2.24) is 4.90 Å². The first-order valence-electron chi connectivity index (χ1n) is 7.94. The fraction of sp³-hybridized carbons (Fsp3) is 0.556. The van der Waals surface area contributed by atoms with Crippen LogP contribution >= 0.6 is 0 Å². The zero-order valence-electron chi connectivity index (χ0n) is 15.9. The molecule has 0 bridgehead atoms. The Hall–Kier alpha value is -2.44. The highest BCUT2D eigenvalue weighted by molar-refractivity contribution is 5.82. The number of amides is 1. The zero-order chi connectivity index (χ0) is 19.6. The van der Waals surface area contributed by atoms with Gasteiger partial charge in [0.1, 0.15) is 17.4 Å². The van der Waals surface area contributed by atoms with Crippen molar-refractivity contribution in [3.05, 3.63) is 23.8 Å². The number of anilines is 1. The molecule has 1 atom stereocenters. The van der Waals surface area contributed by atoms with E-state index >= 15 is 0 Å². The topological polar surface area (TPSA) is 102 Å². The molecule has 0 saturated carbocycles. The van der Waals surface area contributed by atoms with Gasteiger partial charge in [-0.1, -0.05) is 19.9 Å². The van der Waals surface area contributed by atoms with Crippen LogP contribution in [0.4, 0.5) is 10.5 Å². The normalized spacial score (nSPS) is 13.1. The molecule has 25 heavy (non-hydrogen) atoms. The number of nitrogens with zero attached hydrogens (tertiary/aromatic N) is 1. The first kappa shape index (κ1) is 20.6. The maximum atomic E-state index is 12.3. The van der Waals surface area contributed by atoms with E-state index in [0.29, 0.717) is 17.0 Å². The third-order valence-electron chi connectivity index (χ3n) is 3.96. The summed E-state index contributed by atoms with van der Waals surface area (Å²) >= 11 is 0. The Kier molecular flexibility index (Phi) is 5.94. The molecule has 0 spiro atoms.